The van der Waals surface area contributed by atoms with Gasteiger partial charge in [-0.05, 0) is 42.0 Å². The van der Waals surface area contributed by atoms with Crippen molar-refractivity contribution in [1.82, 2.24) is 0 Å². The van der Waals surface area contributed by atoms with E-state index in [0.717, 1.165) is 36.4 Å². The van der Waals surface area contributed by atoms with Crippen LogP contribution in [0.2, 0.25) is 0 Å². The van der Waals surface area contributed by atoms with E-state index in [1.54, 1.807) is 0 Å². The van der Waals surface area contributed by atoms with Gasteiger partial charge in [0.15, 0.2) is 0 Å². The number of hydrogen-bond acceptors (Lipinski definition) is 4. The lowest BCUT2D eigenvalue weighted by Crippen LogP contribution is -2.17. The molecule has 0 saturated carbocycles. The van der Waals surface area contributed by atoms with Gasteiger partial charge in [0, 0.05) is 0 Å². The van der Waals surface area contributed by atoms with Crippen molar-refractivity contribution in [3.05, 3.63) is 64.8 Å². The summed E-state index contributed by atoms with van der Waals surface area (Å²) in [6, 6.07) is 6.02. The molecule has 0 aliphatic heterocycles. The Hall–Kier alpha value is -2.44. The molecule has 2 rings (SSSR count). The largest absolute Gasteiger partial charge is 0.416 e. The maximum Gasteiger partial charge on any atom is 0.416 e. The van der Waals surface area contributed by atoms with Crippen LogP contribution in [-0.4, -0.2) is 16.8 Å². The second kappa shape index (κ2) is 7.29. The fraction of sp³-hybridized carbons (Fsp3) is 0.0667. The zero-order valence-corrected chi connectivity index (χ0v) is 14.9. The van der Waals surface area contributed by atoms with Crippen LogP contribution in [0.4, 0.5) is 23.2 Å². The van der Waals surface area contributed by atoms with E-state index >= 15 is 0 Å². The second-order valence-corrected chi connectivity index (χ2v) is 8.35. The van der Waals surface area contributed by atoms with Gasteiger partial charge in [-0.25, -0.2) is 26.4 Å². The summed E-state index contributed by atoms with van der Waals surface area (Å²) in [6.45, 7) is 0. The highest BCUT2D eigenvalue weighted by Crippen LogP contribution is 2.30. The highest BCUT2D eigenvalue weighted by Gasteiger charge is 2.30. The minimum Gasteiger partial charge on any atom is -0.279 e. The molecule has 0 aliphatic carbocycles. The van der Waals surface area contributed by atoms with E-state index in [1.807, 2.05) is 4.72 Å². The van der Waals surface area contributed by atoms with Crippen LogP contribution >= 0.6 is 0 Å². The van der Waals surface area contributed by atoms with Crippen LogP contribution in [0, 0.1) is 5.82 Å². The summed E-state index contributed by atoms with van der Waals surface area (Å²) < 4.78 is 100. The molecule has 0 spiro atoms. The van der Waals surface area contributed by atoms with Crippen LogP contribution in [0.15, 0.2) is 52.8 Å². The van der Waals surface area contributed by atoms with Crippen LogP contribution in [0.25, 0.3) is 6.08 Å². The minimum absolute atomic E-state index is 0.0684. The molecule has 0 radical (unpaired) electrons. The first-order chi connectivity index (χ1) is 12.3. The van der Waals surface area contributed by atoms with Crippen molar-refractivity contribution in [3.63, 3.8) is 0 Å². The molecule has 0 unspecified atom stereocenters. The van der Waals surface area contributed by atoms with Crippen molar-refractivity contribution >= 4 is 31.8 Å². The van der Waals surface area contributed by atoms with E-state index in [4.69, 9.17) is 5.14 Å². The molecule has 12 heteroatoms. The number of hydrogen-bond donors (Lipinski definition) is 2. The Labute approximate surface area is 152 Å². The number of sulfonamides is 2. The molecule has 0 heterocycles. The van der Waals surface area contributed by atoms with Crippen LogP contribution in [0.3, 0.4) is 0 Å². The lowest BCUT2D eigenvalue weighted by atomic mass is 10.1. The smallest absolute Gasteiger partial charge is 0.279 e. The summed E-state index contributed by atoms with van der Waals surface area (Å²) in [6.07, 6.45) is -3.74. The molecule has 3 N–H and O–H groups in total. The number of anilines is 1. The summed E-state index contributed by atoms with van der Waals surface area (Å²) in [4.78, 5) is -0.667. The molecule has 0 aliphatic rings. The van der Waals surface area contributed by atoms with Gasteiger partial charge in [-0.1, -0.05) is 12.1 Å². The maximum atomic E-state index is 13.3. The van der Waals surface area contributed by atoms with Gasteiger partial charge in [0.2, 0.25) is 10.0 Å². The number of halogens is 4. The van der Waals surface area contributed by atoms with Crippen molar-refractivity contribution in [2.75, 3.05) is 4.72 Å². The third kappa shape index (κ3) is 5.77. The van der Waals surface area contributed by atoms with E-state index in [0.29, 0.717) is 11.5 Å². The third-order valence-corrected chi connectivity index (χ3v) is 5.12. The summed E-state index contributed by atoms with van der Waals surface area (Å²) in [7, 11) is -8.73. The van der Waals surface area contributed by atoms with Gasteiger partial charge >= 0.3 is 6.18 Å². The summed E-state index contributed by atoms with van der Waals surface area (Å²) in [5.74, 6) is -0.929. The Balaban J connectivity index is 2.34. The molecule has 2 aromatic rings. The van der Waals surface area contributed by atoms with E-state index in [1.165, 1.54) is 6.07 Å². The van der Waals surface area contributed by atoms with Gasteiger partial charge in [-0.3, -0.25) is 4.72 Å². The van der Waals surface area contributed by atoms with Crippen molar-refractivity contribution in [3.8, 4) is 0 Å². The average molecular weight is 424 g/mol. The number of alkyl halides is 3. The Morgan fingerprint density at radius 3 is 2.26 bits per heavy atom. The third-order valence-electron chi connectivity index (χ3n) is 3.15. The number of benzene rings is 2. The van der Waals surface area contributed by atoms with Gasteiger partial charge in [-0.15, -0.1) is 0 Å². The van der Waals surface area contributed by atoms with Gasteiger partial charge in [0.25, 0.3) is 10.0 Å². The Morgan fingerprint density at radius 1 is 1.00 bits per heavy atom. The molecule has 6 nitrogen and oxygen atoms in total. The first kappa shape index (κ1) is 20.9. The first-order valence-corrected chi connectivity index (χ1v) is 10.1. The summed E-state index contributed by atoms with van der Waals surface area (Å²) >= 11 is 0. The summed E-state index contributed by atoms with van der Waals surface area (Å²) in [5, 5.41) is 5.45. The van der Waals surface area contributed by atoms with Gasteiger partial charge < -0.3 is 0 Å². The summed E-state index contributed by atoms with van der Waals surface area (Å²) in [5.41, 5.74) is -1.68. The Morgan fingerprint density at radius 2 is 1.67 bits per heavy atom. The average Bonchev–Trinajstić information content (AvgIpc) is 2.51. The number of rotatable bonds is 5. The zero-order chi connectivity index (χ0) is 20.5. The molecule has 0 bridgehead atoms. The topological polar surface area (TPSA) is 106 Å². The van der Waals surface area contributed by atoms with Crippen LogP contribution in [0.5, 0.6) is 0 Å². The predicted molar refractivity (Wildman–Crippen MR) is 90.8 cm³/mol. The highest BCUT2D eigenvalue weighted by molar-refractivity contribution is 7.95. The molecule has 2 aromatic carbocycles. The fourth-order valence-corrected chi connectivity index (χ4v) is 3.62. The van der Waals surface area contributed by atoms with Crippen molar-refractivity contribution < 1.29 is 34.4 Å². The predicted octanol–water partition coefficient (Wildman–Crippen LogP) is 2.90. The van der Waals surface area contributed by atoms with E-state index in [-0.39, 0.29) is 5.56 Å². The van der Waals surface area contributed by atoms with Crippen molar-refractivity contribution in [2.24, 2.45) is 5.14 Å². The van der Waals surface area contributed by atoms with Crippen molar-refractivity contribution in [1.29, 1.82) is 0 Å². The standard InChI is InChI=1S/C15H12F4N2O4S2/c16-12-4-5-14(27(20,24)25)13(9-12)21-26(22,23)7-6-10-2-1-3-11(8-10)15(17,18)19/h1-9,21H,(H2,20,24,25)/b7-6+. The van der Waals surface area contributed by atoms with Gasteiger partial charge in [-0.2, -0.15) is 13.2 Å². The molecule has 0 atom stereocenters. The second-order valence-electron chi connectivity index (χ2n) is 5.26. The quantitative estimate of drug-likeness (QED) is 0.720. The molecule has 0 amide bonds. The Kier molecular flexibility index (Phi) is 5.63. The minimum atomic E-state index is -4.60. The highest BCUT2D eigenvalue weighted by atomic mass is 32.2. The lowest BCUT2D eigenvalue weighted by molar-refractivity contribution is -0.137. The molecule has 0 aromatic heterocycles. The molecular weight excluding hydrogens is 412 g/mol. The molecule has 27 heavy (non-hydrogen) atoms. The number of primary sulfonamides is 1. The SMILES string of the molecule is NS(=O)(=O)c1ccc(F)cc1NS(=O)(=O)/C=C/c1cccc(C(F)(F)F)c1. The lowest BCUT2D eigenvalue weighted by Gasteiger charge is -2.09. The molecular formula is C15H12F4N2O4S2. The van der Waals surface area contributed by atoms with Crippen LogP contribution in [-0.2, 0) is 26.2 Å². The molecule has 0 saturated heterocycles. The van der Waals surface area contributed by atoms with Crippen LogP contribution in [0.1, 0.15) is 11.1 Å². The molecule has 146 valence electrons. The van der Waals surface area contributed by atoms with Crippen LogP contribution < -0.4 is 9.86 Å². The van der Waals surface area contributed by atoms with E-state index < -0.39 is 48.2 Å². The maximum absolute atomic E-state index is 13.3. The normalized spacial score (nSPS) is 13.1. The number of nitrogens with one attached hydrogen (secondary N) is 1. The van der Waals surface area contributed by atoms with E-state index in [9.17, 15) is 34.4 Å². The Bertz CT molecular complexity index is 1100. The van der Waals surface area contributed by atoms with E-state index in [2.05, 4.69) is 0 Å². The first-order valence-electron chi connectivity index (χ1n) is 6.98. The zero-order valence-electron chi connectivity index (χ0n) is 13.2. The number of nitrogens with two attached hydrogens (primary N) is 1. The van der Waals surface area contributed by atoms with Crippen molar-refractivity contribution in [2.45, 2.75) is 11.1 Å². The van der Waals surface area contributed by atoms with Gasteiger partial charge in [0.05, 0.1) is 16.7 Å². The molecule has 0 fully saturated rings. The monoisotopic (exact) mass is 424 g/mol. The fourth-order valence-electron chi connectivity index (χ4n) is 2.00. The van der Waals surface area contributed by atoms with Gasteiger partial charge in [0.1, 0.15) is 10.7 Å².